The Bertz CT molecular complexity index is 233. The van der Waals surface area contributed by atoms with E-state index in [2.05, 4.69) is 4.98 Å². The minimum atomic E-state index is -0.766. The first kappa shape index (κ1) is 8.20. The molecule has 0 aliphatic rings. The first-order valence-electron chi connectivity index (χ1n) is 3.30. The molecular formula is C7H9NO2S. The molecule has 3 nitrogen and oxygen atoms in total. The van der Waals surface area contributed by atoms with Gasteiger partial charge in [-0.05, 0) is 0 Å². The Labute approximate surface area is 68.7 Å². The van der Waals surface area contributed by atoms with Gasteiger partial charge in [-0.25, -0.2) is 4.98 Å². The van der Waals surface area contributed by atoms with Crippen LogP contribution in [0, 0.1) is 5.92 Å². The predicted molar refractivity (Wildman–Crippen MR) is 42.6 cm³/mol. The largest absolute Gasteiger partial charge is 0.481 e. The average molecular weight is 171 g/mol. The van der Waals surface area contributed by atoms with Gasteiger partial charge in [0.05, 0.1) is 17.1 Å². The molecule has 0 amide bonds. The van der Waals surface area contributed by atoms with Crippen molar-refractivity contribution in [2.45, 2.75) is 13.3 Å². The molecule has 1 rings (SSSR count). The molecule has 0 aromatic carbocycles. The highest BCUT2D eigenvalue weighted by Crippen LogP contribution is 2.08. The molecule has 0 saturated carbocycles. The van der Waals surface area contributed by atoms with Crippen LogP contribution in [0.3, 0.4) is 0 Å². The van der Waals surface area contributed by atoms with Crippen molar-refractivity contribution >= 4 is 17.3 Å². The van der Waals surface area contributed by atoms with Crippen LogP contribution < -0.4 is 0 Å². The van der Waals surface area contributed by atoms with Gasteiger partial charge in [0.1, 0.15) is 0 Å². The van der Waals surface area contributed by atoms with Crippen LogP contribution in [0.5, 0.6) is 0 Å². The summed E-state index contributed by atoms with van der Waals surface area (Å²) >= 11 is 1.49. The van der Waals surface area contributed by atoms with Gasteiger partial charge >= 0.3 is 5.97 Å². The Hall–Kier alpha value is -0.900. The molecule has 11 heavy (non-hydrogen) atoms. The quantitative estimate of drug-likeness (QED) is 0.748. The van der Waals surface area contributed by atoms with Crippen molar-refractivity contribution in [1.82, 2.24) is 4.98 Å². The maximum atomic E-state index is 10.4. The first-order valence-corrected chi connectivity index (χ1v) is 4.24. The van der Waals surface area contributed by atoms with Gasteiger partial charge in [-0.15, -0.1) is 11.3 Å². The molecule has 0 fully saturated rings. The summed E-state index contributed by atoms with van der Waals surface area (Å²) in [6, 6.07) is 0. The lowest BCUT2D eigenvalue weighted by Crippen LogP contribution is -2.12. The van der Waals surface area contributed by atoms with Crippen LogP contribution in [0.4, 0.5) is 0 Å². The highest BCUT2D eigenvalue weighted by atomic mass is 32.1. The zero-order chi connectivity index (χ0) is 8.27. The Morgan fingerprint density at radius 2 is 2.64 bits per heavy atom. The highest BCUT2D eigenvalue weighted by molar-refractivity contribution is 7.07. The van der Waals surface area contributed by atoms with Crippen molar-refractivity contribution in [2.24, 2.45) is 5.92 Å². The number of aliphatic carboxylic acids is 1. The van der Waals surface area contributed by atoms with Gasteiger partial charge in [0.15, 0.2) is 0 Å². The summed E-state index contributed by atoms with van der Waals surface area (Å²) in [7, 11) is 0. The minimum Gasteiger partial charge on any atom is -0.481 e. The third-order valence-corrected chi connectivity index (χ3v) is 2.06. The Balaban J connectivity index is 2.50. The number of thiazole rings is 1. The minimum absolute atomic E-state index is 0.336. The van der Waals surface area contributed by atoms with Crippen LogP contribution in [0.15, 0.2) is 10.9 Å². The lowest BCUT2D eigenvalue weighted by Gasteiger charge is -2.01. The Morgan fingerprint density at radius 1 is 1.91 bits per heavy atom. The van der Waals surface area contributed by atoms with Gasteiger partial charge in [-0.2, -0.15) is 0 Å². The summed E-state index contributed by atoms with van der Waals surface area (Å²) in [5.41, 5.74) is 2.58. The van der Waals surface area contributed by atoms with E-state index >= 15 is 0 Å². The maximum absolute atomic E-state index is 10.4. The molecule has 1 aromatic heterocycles. The van der Waals surface area contributed by atoms with Crippen molar-refractivity contribution in [1.29, 1.82) is 0 Å². The standard InChI is InChI=1S/C7H9NO2S/c1-5(7(9)10)2-6-3-11-4-8-6/h3-5H,2H2,1H3,(H,9,10). The molecule has 4 heteroatoms. The second-order valence-corrected chi connectivity index (χ2v) is 3.14. The third-order valence-electron chi connectivity index (χ3n) is 1.42. The van der Waals surface area contributed by atoms with Crippen LogP contribution >= 0.6 is 11.3 Å². The van der Waals surface area contributed by atoms with E-state index in [1.807, 2.05) is 5.38 Å². The van der Waals surface area contributed by atoms with Gasteiger partial charge < -0.3 is 5.11 Å². The van der Waals surface area contributed by atoms with Crippen molar-refractivity contribution in [3.05, 3.63) is 16.6 Å². The van der Waals surface area contributed by atoms with E-state index in [9.17, 15) is 4.79 Å². The van der Waals surface area contributed by atoms with E-state index in [1.165, 1.54) is 11.3 Å². The number of carboxylic acids is 1. The Morgan fingerprint density at radius 3 is 3.09 bits per heavy atom. The molecule has 1 N–H and O–H groups in total. The fraction of sp³-hybridized carbons (Fsp3) is 0.429. The fourth-order valence-corrected chi connectivity index (χ4v) is 1.31. The number of hydrogen-bond acceptors (Lipinski definition) is 3. The molecule has 0 radical (unpaired) electrons. The summed E-state index contributed by atoms with van der Waals surface area (Å²) in [5.74, 6) is -1.10. The molecule has 1 unspecified atom stereocenters. The molecule has 0 aliphatic carbocycles. The lowest BCUT2D eigenvalue weighted by atomic mass is 10.1. The monoisotopic (exact) mass is 171 g/mol. The molecule has 0 saturated heterocycles. The van der Waals surface area contributed by atoms with E-state index in [1.54, 1.807) is 12.4 Å². The normalized spacial score (nSPS) is 12.8. The Kier molecular flexibility index (Phi) is 2.59. The summed E-state index contributed by atoms with van der Waals surface area (Å²) in [5, 5.41) is 10.4. The maximum Gasteiger partial charge on any atom is 0.306 e. The second kappa shape index (κ2) is 3.48. The van der Waals surface area contributed by atoms with Crippen molar-refractivity contribution in [3.8, 4) is 0 Å². The highest BCUT2D eigenvalue weighted by Gasteiger charge is 2.11. The topological polar surface area (TPSA) is 50.2 Å². The van der Waals surface area contributed by atoms with E-state index in [4.69, 9.17) is 5.11 Å². The molecule has 1 atom stereocenters. The first-order chi connectivity index (χ1) is 5.20. The molecular weight excluding hydrogens is 162 g/mol. The van der Waals surface area contributed by atoms with Crippen LogP contribution in [0.1, 0.15) is 12.6 Å². The van der Waals surface area contributed by atoms with Gasteiger partial charge in [-0.3, -0.25) is 4.79 Å². The van der Waals surface area contributed by atoms with E-state index in [0.29, 0.717) is 6.42 Å². The van der Waals surface area contributed by atoms with Gasteiger partial charge in [0.2, 0.25) is 0 Å². The number of aromatic nitrogens is 1. The summed E-state index contributed by atoms with van der Waals surface area (Å²) in [4.78, 5) is 14.4. The molecule has 1 aromatic rings. The summed E-state index contributed by atoms with van der Waals surface area (Å²) in [6.45, 7) is 1.68. The fourth-order valence-electron chi connectivity index (χ4n) is 0.739. The van der Waals surface area contributed by atoms with Crippen molar-refractivity contribution in [3.63, 3.8) is 0 Å². The smallest absolute Gasteiger partial charge is 0.306 e. The third kappa shape index (κ3) is 2.31. The number of hydrogen-bond donors (Lipinski definition) is 1. The number of rotatable bonds is 3. The van der Waals surface area contributed by atoms with Crippen LogP contribution in [-0.4, -0.2) is 16.1 Å². The van der Waals surface area contributed by atoms with Crippen LogP contribution in [-0.2, 0) is 11.2 Å². The zero-order valence-corrected chi connectivity index (χ0v) is 6.97. The SMILES string of the molecule is CC(Cc1cscn1)C(=O)O. The molecule has 60 valence electrons. The molecule has 0 aliphatic heterocycles. The zero-order valence-electron chi connectivity index (χ0n) is 6.15. The summed E-state index contributed by atoms with van der Waals surface area (Å²) in [6.07, 6.45) is 0.527. The predicted octanol–water partition coefficient (Wildman–Crippen LogP) is 1.41. The number of carbonyl (C=O) groups is 1. The lowest BCUT2D eigenvalue weighted by molar-refractivity contribution is -0.141. The van der Waals surface area contributed by atoms with E-state index in [-0.39, 0.29) is 5.92 Å². The molecule has 1 heterocycles. The second-order valence-electron chi connectivity index (χ2n) is 2.42. The molecule has 0 bridgehead atoms. The van der Waals surface area contributed by atoms with Gasteiger partial charge in [-0.1, -0.05) is 6.92 Å². The van der Waals surface area contributed by atoms with Gasteiger partial charge in [0.25, 0.3) is 0 Å². The summed E-state index contributed by atoms with van der Waals surface area (Å²) < 4.78 is 0. The van der Waals surface area contributed by atoms with Crippen LogP contribution in [0.2, 0.25) is 0 Å². The van der Waals surface area contributed by atoms with Gasteiger partial charge in [0, 0.05) is 11.8 Å². The number of nitrogens with zero attached hydrogens (tertiary/aromatic N) is 1. The average Bonchev–Trinajstić information content (AvgIpc) is 2.39. The molecule has 0 spiro atoms. The van der Waals surface area contributed by atoms with Crippen molar-refractivity contribution in [2.75, 3.05) is 0 Å². The number of carboxylic acid groups (broad SMARTS) is 1. The van der Waals surface area contributed by atoms with Crippen molar-refractivity contribution < 1.29 is 9.90 Å². The van der Waals surface area contributed by atoms with Crippen LogP contribution in [0.25, 0.3) is 0 Å². The van der Waals surface area contributed by atoms with E-state index < -0.39 is 5.97 Å². The van der Waals surface area contributed by atoms with E-state index in [0.717, 1.165) is 5.69 Å².